The number of amides is 1. The second kappa shape index (κ2) is 14.6. The number of amidine groups is 1. The molecule has 1 saturated heterocycles. The summed E-state index contributed by atoms with van der Waals surface area (Å²) in [6.07, 6.45) is 2.51. The van der Waals surface area contributed by atoms with Gasteiger partial charge in [0.05, 0.1) is 23.8 Å². The van der Waals surface area contributed by atoms with Crippen LogP contribution in [0.15, 0.2) is 89.8 Å². The first-order valence-electron chi connectivity index (χ1n) is 15.5. The minimum Gasteiger partial charge on any atom is -0.384 e. The number of nitrogens with one attached hydrogen (secondary N) is 1. The number of carbonyl (C=O) groups excluding carboxylic acids is 1. The molecule has 11 heteroatoms. The third kappa shape index (κ3) is 7.20. The van der Waals surface area contributed by atoms with Gasteiger partial charge in [0.1, 0.15) is 5.84 Å². The number of halogens is 1. The first-order chi connectivity index (χ1) is 21.8. The van der Waals surface area contributed by atoms with Gasteiger partial charge in [-0.15, -0.1) is 12.4 Å². The van der Waals surface area contributed by atoms with E-state index in [-0.39, 0.29) is 29.0 Å². The Labute approximate surface area is 276 Å². The number of benzene rings is 4. The number of anilines is 2. The highest BCUT2D eigenvalue weighted by molar-refractivity contribution is 7.93. The molecule has 2 aliphatic heterocycles. The van der Waals surface area contributed by atoms with Crippen molar-refractivity contribution in [2.75, 3.05) is 55.1 Å². The van der Waals surface area contributed by atoms with Gasteiger partial charge in [-0.3, -0.25) is 19.4 Å². The lowest BCUT2D eigenvalue weighted by molar-refractivity contribution is -0.118. The predicted molar refractivity (Wildman–Crippen MR) is 186 cm³/mol. The van der Waals surface area contributed by atoms with E-state index in [1.165, 1.54) is 4.31 Å². The van der Waals surface area contributed by atoms with Crippen LogP contribution in [0, 0.1) is 5.41 Å². The number of nitrogens with zero attached hydrogens (tertiary/aromatic N) is 3. The molecule has 1 amide bonds. The maximum absolute atomic E-state index is 14.4. The largest absolute Gasteiger partial charge is 0.384 e. The van der Waals surface area contributed by atoms with Crippen molar-refractivity contribution in [3.05, 3.63) is 102 Å². The zero-order valence-electron chi connectivity index (χ0n) is 25.7. The highest BCUT2D eigenvalue weighted by atomic mass is 35.5. The lowest BCUT2D eigenvalue weighted by Gasteiger charge is -2.33. The van der Waals surface area contributed by atoms with Crippen LogP contribution in [0.2, 0.25) is 0 Å². The lowest BCUT2D eigenvalue weighted by Crippen LogP contribution is -2.43. The summed E-state index contributed by atoms with van der Waals surface area (Å²) in [6.45, 7) is 4.33. The maximum atomic E-state index is 14.4. The zero-order chi connectivity index (χ0) is 31.4. The number of sulfonamides is 1. The van der Waals surface area contributed by atoms with Gasteiger partial charge in [0.2, 0.25) is 5.91 Å². The van der Waals surface area contributed by atoms with Crippen molar-refractivity contribution in [3.8, 4) is 0 Å². The standard InChI is InChI=1S/C35H39N5O4S.ClH/c36-35(37)28-13-10-26(11-14-28)12-17-34(41)39-18-4-7-29-25-30(15-16-32(29)39)40(20-19-38-21-23-44-24-22-38)45(42,43)33-9-3-6-27-5-1-2-8-31(27)33;/h1-3,5-6,8-11,13-16,25H,4,7,12,17-24H2,(H3,36,37);1H. The Hall–Kier alpha value is -3.96. The molecule has 1 fully saturated rings. The summed E-state index contributed by atoms with van der Waals surface area (Å²) in [5.74, 6) is 0.0541. The van der Waals surface area contributed by atoms with E-state index in [1.807, 2.05) is 65.6 Å². The summed E-state index contributed by atoms with van der Waals surface area (Å²) < 4.78 is 35.9. The third-order valence-electron chi connectivity index (χ3n) is 8.70. The molecule has 0 spiro atoms. The highest BCUT2D eigenvalue weighted by Gasteiger charge is 2.30. The van der Waals surface area contributed by atoms with Crippen LogP contribution < -0.4 is 14.9 Å². The smallest absolute Gasteiger partial charge is 0.264 e. The Morgan fingerprint density at radius 1 is 0.935 bits per heavy atom. The van der Waals surface area contributed by atoms with Gasteiger partial charge in [-0.05, 0) is 60.0 Å². The molecule has 242 valence electrons. The van der Waals surface area contributed by atoms with Gasteiger partial charge < -0.3 is 15.4 Å². The van der Waals surface area contributed by atoms with E-state index in [0.29, 0.717) is 62.3 Å². The van der Waals surface area contributed by atoms with E-state index in [4.69, 9.17) is 15.9 Å². The van der Waals surface area contributed by atoms with Crippen LogP contribution in [0.4, 0.5) is 11.4 Å². The average molecular weight is 662 g/mol. The topological polar surface area (TPSA) is 120 Å². The van der Waals surface area contributed by atoms with Crippen molar-refractivity contribution in [1.82, 2.24) is 4.90 Å². The minimum atomic E-state index is -3.91. The van der Waals surface area contributed by atoms with Gasteiger partial charge in [-0.1, -0.05) is 60.7 Å². The Morgan fingerprint density at radius 3 is 2.43 bits per heavy atom. The summed E-state index contributed by atoms with van der Waals surface area (Å²) in [6, 6.07) is 26.1. The number of hydrogen-bond donors (Lipinski definition) is 2. The van der Waals surface area contributed by atoms with Crippen molar-refractivity contribution in [2.24, 2.45) is 5.73 Å². The van der Waals surface area contributed by atoms with Crippen molar-refractivity contribution in [1.29, 1.82) is 5.41 Å². The van der Waals surface area contributed by atoms with Crippen molar-refractivity contribution < 1.29 is 17.9 Å². The summed E-state index contributed by atoms with van der Waals surface area (Å²) in [5, 5.41) is 9.15. The fraction of sp³-hybridized carbons (Fsp3) is 0.314. The molecule has 4 aromatic rings. The molecule has 0 atom stereocenters. The molecule has 46 heavy (non-hydrogen) atoms. The number of ether oxygens (including phenoxy) is 1. The quantitative estimate of drug-likeness (QED) is 0.183. The number of morpholine rings is 1. The van der Waals surface area contributed by atoms with Gasteiger partial charge >= 0.3 is 0 Å². The van der Waals surface area contributed by atoms with Gasteiger partial charge in [0, 0.05) is 55.8 Å². The molecular formula is C35H40ClN5O4S. The molecule has 0 aromatic heterocycles. The Morgan fingerprint density at radius 2 is 1.67 bits per heavy atom. The normalized spacial score (nSPS) is 15.2. The van der Waals surface area contributed by atoms with Crippen LogP contribution in [0.3, 0.4) is 0 Å². The van der Waals surface area contributed by atoms with E-state index < -0.39 is 10.0 Å². The molecule has 2 aliphatic rings. The van der Waals surface area contributed by atoms with Crippen LogP contribution in [0.25, 0.3) is 10.8 Å². The minimum absolute atomic E-state index is 0. The predicted octanol–water partition coefficient (Wildman–Crippen LogP) is 4.99. The summed E-state index contributed by atoms with van der Waals surface area (Å²) in [5.41, 5.74) is 9.66. The van der Waals surface area contributed by atoms with Crippen LogP contribution in [0.5, 0.6) is 0 Å². The Bertz CT molecular complexity index is 1800. The monoisotopic (exact) mass is 661 g/mol. The van der Waals surface area contributed by atoms with Crippen LogP contribution in [0.1, 0.15) is 29.5 Å². The molecule has 0 unspecified atom stereocenters. The van der Waals surface area contributed by atoms with E-state index in [9.17, 15) is 13.2 Å². The number of carbonyl (C=O) groups is 1. The number of nitrogen functional groups attached to an aromatic ring is 1. The van der Waals surface area contributed by atoms with E-state index >= 15 is 0 Å². The fourth-order valence-electron chi connectivity index (χ4n) is 6.22. The van der Waals surface area contributed by atoms with Gasteiger partial charge in [0.15, 0.2) is 0 Å². The molecule has 9 nitrogen and oxygen atoms in total. The van der Waals surface area contributed by atoms with Gasteiger partial charge in [-0.2, -0.15) is 0 Å². The second-order valence-corrected chi connectivity index (χ2v) is 13.4. The number of nitrogens with two attached hydrogens (primary N) is 1. The summed E-state index contributed by atoms with van der Waals surface area (Å²) in [7, 11) is -3.91. The summed E-state index contributed by atoms with van der Waals surface area (Å²) >= 11 is 0. The third-order valence-corrected chi connectivity index (χ3v) is 10.6. The number of rotatable bonds is 10. The highest BCUT2D eigenvalue weighted by Crippen LogP contribution is 2.35. The van der Waals surface area contributed by atoms with Gasteiger partial charge in [-0.25, -0.2) is 8.42 Å². The van der Waals surface area contributed by atoms with E-state index in [0.717, 1.165) is 48.1 Å². The summed E-state index contributed by atoms with van der Waals surface area (Å²) in [4.78, 5) is 17.8. The molecule has 6 rings (SSSR count). The molecule has 4 aromatic carbocycles. The molecule has 0 radical (unpaired) electrons. The Kier molecular flexibility index (Phi) is 10.6. The van der Waals surface area contributed by atoms with E-state index in [1.54, 1.807) is 24.3 Å². The SMILES string of the molecule is Cl.N=C(N)c1ccc(CCC(=O)N2CCCc3cc(N(CCN4CCOCC4)S(=O)(=O)c4cccc5ccccc45)ccc32)cc1. The number of hydrogen-bond acceptors (Lipinski definition) is 6. The number of aryl methyl sites for hydroxylation is 2. The molecule has 0 saturated carbocycles. The maximum Gasteiger partial charge on any atom is 0.264 e. The molecule has 0 aliphatic carbocycles. The first-order valence-corrected chi connectivity index (χ1v) is 16.9. The van der Waals surface area contributed by atoms with Crippen LogP contribution >= 0.6 is 12.4 Å². The molecule has 2 heterocycles. The molecular weight excluding hydrogens is 622 g/mol. The average Bonchev–Trinajstić information content (AvgIpc) is 3.07. The second-order valence-electron chi connectivity index (χ2n) is 11.6. The lowest BCUT2D eigenvalue weighted by atomic mass is 9.99. The zero-order valence-corrected chi connectivity index (χ0v) is 27.4. The molecule has 3 N–H and O–H groups in total. The fourth-order valence-corrected chi connectivity index (χ4v) is 7.88. The van der Waals surface area contributed by atoms with Crippen molar-refractivity contribution in [2.45, 2.75) is 30.6 Å². The first kappa shape index (κ1) is 33.4. The van der Waals surface area contributed by atoms with Crippen LogP contribution in [-0.4, -0.2) is 71.0 Å². The van der Waals surface area contributed by atoms with Crippen LogP contribution in [-0.2, 0) is 32.4 Å². The number of fused-ring (bicyclic) bond motifs is 2. The van der Waals surface area contributed by atoms with Gasteiger partial charge in [0.25, 0.3) is 10.0 Å². The Balaban J connectivity index is 0.00000417. The molecule has 0 bridgehead atoms. The van der Waals surface area contributed by atoms with E-state index in [2.05, 4.69) is 4.90 Å². The van der Waals surface area contributed by atoms with Crippen molar-refractivity contribution >= 4 is 56.3 Å². The van der Waals surface area contributed by atoms with Crippen molar-refractivity contribution in [3.63, 3.8) is 0 Å².